The Bertz CT molecular complexity index is 1040. The number of aromatic carboxylic acids is 1. The number of allylic oxidation sites excluding steroid dienone is 4. The molecule has 0 fully saturated rings. The maximum Gasteiger partial charge on any atom is 0.336 e. The van der Waals surface area contributed by atoms with Gasteiger partial charge in [0, 0.05) is 0 Å². The van der Waals surface area contributed by atoms with Crippen molar-refractivity contribution in [2.75, 3.05) is 14.2 Å². The van der Waals surface area contributed by atoms with Crippen LogP contribution in [0.25, 0.3) is 5.57 Å². The van der Waals surface area contributed by atoms with E-state index in [4.69, 9.17) is 9.47 Å². The first-order valence-corrected chi connectivity index (χ1v) is 8.38. The van der Waals surface area contributed by atoms with Crippen LogP contribution in [-0.4, -0.2) is 36.2 Å². The van der Waals surface area contributed by atoms with Gasteiger partial charge >= 0.3 is 5.97 Å². The summed E-state index contributed by atoms with van der Waals surface area (Å²) in [5.41, 5.74) is 2.34. The summed E-state index contributed by atoms with van der Waals surface area (Å²) in [5.74, 6) is -1.000. The number of ether oxygens (including phenoxy) is 2. The molecule has 1 aliphatic rings. The van der Waals surface area contributed by atoms with E-state index in [-0.39, 0.29) is 28.6 Å². The number of phenols is 1. The summed E-state index contributed by atoms with van der Waals surface area (Å²) in [6, 6.07) is 11.3. The number of methoxy groups -OCH3 is 2. The van der Waals surface area contributed by atoms with Crippen molar-refractivity contribution in [2.24, 2.45) is 0 Å². The summed E-state index contributed by atoms with van der Waals surface area (Å²) in [5, 5.41) is 19.6. The van der Waals surface area contributed by atoms with Crippen LogP contribution in [0.4, 0.5) is 0 Å². The predicted molar refractivity (Wildman–Crippen MR) is 103 cm³/mol. The van der Waals surface area contributed by atoms with E-state index in [2.05, 4.69) is 0 Å². The molecule has 1 aliphatic carbocycles. The van der Waals surface area contributed by atoms with Crippen LogP contribution in [-0.2, 0) is 9.53 Å². The zero-order valence-corrected chi connectivity index (χ0v) is 15.3. The molecule has 0 atom stereocenters. The van der Waals surface area contributed by atoms with Crippen LogP contribution in [0.5, 0.6) is 11.5 Å². The van der Waals surface area contributed by atoms with Crippen LogP contribution in [0.2, 0.25) is 0 Å². The van der Waals surface area contributed by atoms with E-state index in [9.17, 15) is 19.8 Å². The highest BCUT2D eigenvalue weighted by atomic mass is 16.5. The van der Waals surface area contributed by atoms with Crippen molar-refractivity contribution in [1.82, 2.24) is 0 Å². The molecule has 3 rings (SSSR count). The minimum Gasteiger partial charge on any atom is -0.504 e. The van der Waals surface area contributed by atoms with Gasteiger partial charge in [-0.1, -0.05) is 30.3 Å². The summed E-state index contributed by atoms with van der Waals surface area (Å²) < 4.78 is 10.3. The molecule has 2 N–H and O–H groups in total. The summed E-state index contributed by atoms with van der Waals surface area (Å²) in [4.78, 5) is 23.7. The zero-order chi connectivity index (χ0) is 20.3. The molecule has 0 aliphatic heterocycles. The lowest BCUT2D eigenvalue weighted by Gasteiger charge is -2.17. The molecular formula is C22H18O6. The van der Waals surface area contributed by atoms with Crippen LogP contribution in [0, 0.1) is 0 Å². The van der Waals surface area contributed by atoms with E-state index in [0.717, 1.165) is 0 Å². The van der Waals surface area contributed by atoms with Crippen molar-refractivity contribution in [1.29, 1.82) is 0 Å². The highest BCUT2D eigenvalue weighted by Gasteiger charge is 2.21. The number of carbonyl (C=O) groups excluding carboxylic acids is 1. The molecule has 0 saturated carbocycles. The molecule has 0 unspecified atom stereocenters. The van der Waals surface area contributed by atoms with E-state index >= 15 is 0 Å². The van der Waals surface area contributed by atoms with Gasteiger partial charge in [-0.15, -0.1) is 0 Å². The maximum absolute atomic E-state index is 11.9. The molecule has 0 saturated heterocycles. The molecule has 142 valence electrons. The third-order valence-electron chi connectivity index (χ3n) is 4.35. The number of benzene rings is 2. The average Bonchev–Trinajstić information content (AvgIpc) is 2.70. The first-order chi connectivity index (χ1) is 13.5. The Labute approximate surface area is 161 Å². The van der Waals surface area contributed by atoms with Crippen molar-refractivity contribution >= 4 is 17.3 Å². The fraction of sp³-hybridized carbons (Fsp3) is 0.0909. The second-order valence-electron chi connectivity index (χ2n) is 5.98. The van der Waals surface area contributed by atoms with Crippen molar-refractivity contribution < 1.29 is 29.3 Å². The lowest BCUT2D eigenvalue weighted by atomic mass is 9.88. The number of carboxylic acid groups (broad SMARTS) is 1. The highest BCUT2D eigenvalue weighted by molar-refractivity contribution is 6.06. The molecule has 0 bridgehead atoms. The summed E-state index contributed by atoms with van der Waals surface area (Å²) in [6.07, 6.45) is 4.54. The molecule has 0 aromatic heterocycles. The van der Waals surface area contributed by atoms with Crippen LogP contribution in [0.3, 0.4) is 0 Å². The standard InChI is InChI=1S/C22H18O6/c1-27-19-11-13(7-9-17(19)23)21(14-8-10-18(24)20(12-14)28-2)15-5-3-4-6-16(15)22(25)26/h3-12,23H,1-2H3,(H,25,26)/b21-14-. The number of ketones is 1. The lowest BCUT2D eigenvalue weighted by molar-refractivity contribution is -0.114. The Hall–Kier alpha value is -3.80. The lowest BCUT2D eigenvalue weighted by Crippen LogP contribution is -2.08. The Morgan fingerprint density at radius 2 is 1.68 bits per heavy atom. The number of hydrogen-bond acceptors (Lipinski definition) is 5. The Balaban J connectivity index is 2.35. The van der Waals surface area contributed by atoms with Gasteiger partial charge in [0.05, 0.1) is 19.8 Å². The summed E-state index contributed by atoms with van der Waals surface area (Å²) >= 11 is 0. The fourth-order valence-corrected chi connectivity index (χ4v) is 3.02. The highest BCUT2D eigenvalue weighted by Crippen LogP contribution is 2.36. The number of phenolic OH excluding ortho intramolecular Hbond substituents is 1. The Kier molecular flexibility index (Phi) is 5.31. The van der Waals surface area contributed by atoms with Gasteiger partial charge in [-0.3, -0.25) is 4.79 Å². The molecular weight excluding hydrogens is 360 g/mol. The molecule has 28 heavy (non-hydrogen) atoms. The molecule has 2 aromatic rings. The number of rotatable bonds is 5. The normalized spacial score (nSPS) is 15.1. The van der Waals surface area contributed by atoms with E-state index < -0.39 is 5.97 Å². The Morgan fingerprint density at radius 1 is 0.964 bits per heavy atom. The zero-order valence-electron chi connectivity index (χ0n) is 15.3. The van der Waals surface area contributed by atoms with Gasteiger partial charge in [0.2, 0.25) is 5.78 Å². The van der Waals surface area contributed by atoms with Gasteiger partial charge in [0.1, 0.15) is 0 Å². The van der Waals surface area contributed by atoms with Gasteiger partial charge in [-0.25, -0.2) is 4.79 Å². The second-order valence-corrected chi connectivity index (χ2v) is 5.98. The first kappa shape index (κ1) is 19.0. The van der Waals surface area contributed by atoms with Crippen LogP contribution < -0.4 is 4.74 Å². The number of hydrogen-bond donors (Lipinski definition) is 2. The smallest absolute Gasteiger partial charge is 0.336 e. The third kappa shape index (κ3) is 3.53. The Morgan fingerprint density at radius 3 is 2.32 bits per heavy atom. The molecule has 6 nitrogen and oxygen atoms in total. The van der Waals surface area contributed by atoms with Crippen LogP contribution >= 0.6 is 0 Å². The average molecular weight is 378 g/mol. The van der Waals surface area contributed by atoms with Crippen molar-refractivity contribution in [3.8, 4) is 11.5 Å². The maximum atomic E-state index is 11.9. The molecule has 0 heterocycles. The monoisotopic (exact) mass is 378 g/mol. The minimum absolute atomic E-state index is 0.0374. The van der Waals surface area contributed by atoms with Crippen LogP contribution in [0.15, 0.2) is 72.0 Å². The first-order valence-electron chi connectivity index (χ1n) is 8.38. The predicted octanol–water partition coefficient (Wildman–Crippen LogP) is 3.57. The largest absolute Gasteiger partial charge is 0.504 e. The quantitative estimate of drug-likeness (QED) is 0.826. The van der Waals surface area contributed by atoms with E-state index in [1.165, 1.54) is 32.4 Å². The van der Waals surface area contributed by atoms with Crippen molar-refractivity contribution in [3.05, 3.63) is 88.7 Å². The van der Waals surface area contributed by atoms with E-state index in [0.29, 0.717) is 22.3 Å². The summed E-state index contributed by atoms with van der Waals surface area (Å²) in [7, 11) is 2.83. The van der Waals surface area contributed by atoms with Crippen molar-refractivity contribution in [3.63, 3.8) is 0 Å². The molecule has 0 radical (unpaired) electrons. The molecule has 6 heteroatoms. The third-order valence-corrected chi connectivity index (χ3v) is 4.35. The molecule has 0 amide bonds. The number of carboxylic acids is 1. The van der Waals surface area contributed by atoms with Gasteiger partial charge < -0.3 is 19.7 Å². The SMILES string of the molecule is COC1=C/C(=C(/c2ccc(O)c(OC)c2)c2ccccc2C(=O)O)C=CC1=O. The number of carbonyl (C=O) groups is 2. The van der Waals surface area contributed by atoms with E-state index in [1.54, 1.807) is 42.5 Å². The topological polar surface area (TPSA) is 93.1 Å². The molecule has 0 spiro atoms. The fourth-order valence-electron chi connectivity index (χ4n) is 3.02. The minimum atomic E-state index is -1.08. The van der Waals surface area contributed by atoms with E-state index in [1.807, 2.05) is 0 Å². The van der Waals surface area contributed by atoms with Crippen LogP contribution in [0.1, 0.15) is 21.5 Å². The van der Waals surface area contributed by atoms with Crippen molar-refractivity contribution in [2.45, 2.75) is 0 Å². The van der Waals surface area contributed by atoms with Gasteiger partial charge in [0.25, 0.3) is 0 Å². The van der Waals surface area contributed by atoms with Gasteiger partial charge in [0.15, 0.2) is 17.3 Å². The van der Waals surface area contributed by atoms with Gasteiger partial charge in [-0.05, 0) is 52.6 Å². The summed E-state index contributed by atoms with van der Waals surface area (Å²) in [6.45, 7) is 0. The second kappa shape index (κ2) is 7.84. The van der Waals surface area contributed by atoms with Gasteiger partial charge in [-0.2, -0.15) is 0 Å². The number of aromatic hydroxyl groups is 1. The molecule has 2 aromatic carbocycles.